The standard InChI is InChI=1S/C23H15ClN2O7S2/c1-14-2-11-19(13-20(14)26(29)30)35(31,32)33-18-9-3-15(4-10-18)12-21-22(27)25(23(28)34-21)17-7-5-16(24)6-8-17/h2-13H,1H3/b21-12+. The lowest BCUT2D eigenvalue weighted by atomic mass is 10.2. The highest BCUT2D eigenvalue weighted by Crippen LogP contribution is 2.36. The second-order valence-electron chi connectivity index (χ2n) is 7.31. The summed E-state index contributed by atoms with van der Waals surface area (Å²) in [5.74, 6) is -0.522. The largest absolute Gasteiger partial charge is 0.379 e. The van der Waals surface area contributed by atoms with Crippen molar-refractivity contribution in [3.8, 4) is 5.75 Å². The molecule has 0 saturated carbocycles. The van der Waals surface area contributed by atoms with E-state index >= 15 is 0 Å². The van der Waals surface area contributed by atoms with Crippen molar-refractivity contribution in [3.63, 3.8) is 0 Å². The molecule has 1 aliphatic rings. The molecular weight excluding hydrogens is 516 g/mol. The first-order chi connectivity index (χ1) is 16.5. The van der Waals surface area contributed by atoms with Crippen molar-refractivity contribution < 1.29 is 27.1 Å². The molecule has 0 spiro atoms. The summed E-state index contributed by atoms with van der Waals surface area (Å²) in [7, 11) is -4.32. The van der Waals surface area contributed by atoms with Gasteiger partial charge in [-0.15, -0.1) is 0 Å². The third kappa shape index (κ3) is 5.21. The van der Waals surface area contributed by atoms with Gasteiger partial charge in [-0.1, -0.05) is 29.8 Å². The normalized spacial score (nSPS) is 15.0. The van der Waals surface area contributed by atoms with Crippen LogP contribution >= 0.6 is 23.4 Å². The van der Waals surface area contributed by atoms with E-state index in [0.29, 0.717) is 21.8 Å². The van der Waals surface area contributed by atoms with Gasteiger partial charge in [-0.3, -0.25) is 19.7 Å². The van der Waals surface area contributed by atoms with E-state index in [1.165, 1.54) is 49.4 Å². The molecule has 35 heavy (non-hydrogen) atoms. The SMILES string of the molecule is Cc1ccc(S(=O)(=O)Oc2ccc(/C=C3/SC(=O)N(c4ccc(Cl)cc4)C3=O)cc2)cc1[N+](=O)[O-]. The van der Waals surface area contributed by atoms with Crippen LogP contribution in [0, 0.1) is 17.0 Å². The molecule has 9 nitrogen and oxygen atoms in total. The molecule has 0 aromatic heterocycles. The lowest BCUT2D eigenvalue weighted by Crippen LogP contribution is -2.27. The van der Waals surface area contributed by atoms with E-state index in [1.54, 1.807) is 24.3 Å². The minimum Gasteiger partial charge on any atom is -0.379 e. The number of nitro benzene ring substituents is 1. The van der Waals surface area contributed by atoms with Crippen molar-refractivity contribution in [3.05, 3.63) is 97.9 Å². The molecule has 1 fully saturated rings. The molecule has 0 N–H and O–H groups in total. The van der Waals surface area contributed by atoms with Crippen LogP contribution in [0.2, 0.25) is 5.02 Å². The summed E-state index contributed by atoms with van der Waals surface area (Å²) < 4.78 is 30.2. The minimum absolute atomic E-state index is 0.0281. The number of rotatable bonds is 6. The van der Waals surface area contributed by atoms with Crippen molar-refractivity contribution in [2.75, 3.05) is 4.90 Å². The van der Waals surface area contributed by atoms with Crippen LogP contribution in [0.5, 0.6) is 5.75 Å². The summed E-state index contributed by atoms with van der Waals surface area (Å²) >= 11 is 6.64. The van der Waals surface area contributed by atoms with Crippen molar-refractivity contribution in [1.82, 2.24) is 0 Å². The maximum absolute atomic E-state index is 12.7. The molecule has 0 atom stereocenters. The average molecular weight is 531 g/mol. The molecular formula is C23H15ClN2O7S2. The van der Waals surface area contributed by atoms with Gasteiger partial charge in [0.2, 0.25) is 0 Å². The molecule has 12 heteroatoms. The summed E-state index contributed by atoms with van der Waals surface area (Å²) in [5, 5.41) is 11.1. The highest BCUT2D eigenvalue weighted by Gasteiger charge is 2.36. The van der Waals surface area contributed by atoms with Crippen LogP contribution in [0.4, 0.5) is 16.2 Å². The summed E-state index contributed by atoms with van der Waals surface area (Å²) in [4.78, 5) is 36.4. The van der Waals surface area contributed by atoms with Gasteiger partial charge in [0.15, 0.2) is 0 Å². The number of hydrogen-bond acceptors (Lipinski definition) is 8. The number of halogens is 1. The number of amides is 2. The Balaban J connectivity index is 1.52. The first kappa shape index (κ1) is 24.5. The van der Waals surface area contributed by atoms with E-state index in [0.717, 1.165) is 22.7 Å². The zero-order chi connectivity index (χ0) is 25.3. The molecule has 0 aliphatic carbocycles. The first-order valence-electron chi connectivity index (χ1n) is 9.88. The second-order valence-corrected chi connectivity index (χ2v) is 10.3. The van der Waals surface area contributed by atoms with E-state index < -0.39 is 26.2 Å². The van der Waals surface area contributed by atoms with Crippen LogP contribution in [0.25, 0.3) is 6.08 Å². The highest BCUT2D eigenvalue weighted by molar-refractivity contribution is 8.19. The fourth-order valence-corrected chi connectivity index (χ4v) is 5.09. The fraction of sp³-hybridized carbons (Fsp3) is 0.0435. The Bertz CT molecular complexity index is 1490. The van der Waals surface area contributed by atoms with E-state index in [-0.39, 0.29) is 21.2 Å². The maximum atomic E-state index is 12.7. The molecule has 178 valence electrons. The summed E-state index contributed by atoms with van der Waals surface area (Å²) in [6.45, 7) is 1.50. The molecule has 0 radical (unpaired) electrons. The molecule has 3 aromatic carbocycles. The van der Waals surface area contributed by atoms with Gasteiger partial charge in [0.25, 0.3) is 16.8 Å². The Labute approximate surface area is 209 Å². The van der Waals surface area contributed by atoms with Crippen LogP contribution in [0.15, 0.2) is 76.5 Å². The third-order valence-electron chi connectivity index (χ3n) is 4.93. The van der Waals surface area contributed by atoms with Crippen LogP contribution < -0.4 is 9.08 Å². The molecule has 0 unspecified atom stereocenters. The predicted octanol–water partition coefficient (Wildman–Crippen LogP) is 5.57. The topological polar surface area (TPSA) is 124 Å². The van der Waals surface area contributed by atoms with Gasteiger partial charge in [-0.05, 0) is 72.8 Å². The first-order valence-corrected chi connectivity index (χ1v) is 12.5. The van der Waals surface area contributed by atoms with Crippen molar-refractivity contribution in [2.45, 2.75) is 11.8 Å². The number of benzene rings is 3. The smallest absolute Gasteiger partial charge is 0.339 e. The van der Waals surface area contributed by atoms with Crippen molar-refractivity contribution >= 4 is 62.1 Å². The second kappa shape index (κ2) is 9.53. The zero-order valence-corrected chi connectivity index (χ0v) is 20.3. The number of carbonyl (C=O) groups is 2. The van der Waals surface area contributed by atoms with Crippen LogP contribution in [0.3, 0.4) is 0 Å². The number of carbonyl (C=O) groups excluding carboxylic acids is 2. The Morgan fingerprint density at radius 3 is 2.31 bits per heavy atom. The third-order valence-corrected chi connectivity index (χ3v) is 7.29. The monoisotopic (exact) mass is 530 g/mol. The summed E-state index contributed by atoms with van der Waals surface area (Å²) in [6.07, 6.45) is 1.50. The number of nitro groups is 1. The van der Waals surface area contributed by atoms with Crippen molar-refractivity contribution in [2.24, 2.45) is 0 Å². The molecule has 4 rings (SSSR count). The van der Waals surface area contributed by atoms with Crippen LogP contribution in [-0.2, 0) is 14.9 Å². The van der Waals surface area contributed by atoms with Gasteiger partial charge in [0, 0.05) is 16.7 Å². The molecule has 1 heterocycles. The maximum Gasteiger partial charge on any atom is 0.339 e. The van der Waals surface area contributed by atoms with E-state index in [1.807, 2.05) is 0 Å². The van der Waals surface area contributed by atoms with Gasteiger partial charge in [0.05, 0.1) is 15.5 Å². The van der Waals surface area contributed by atoms with Crippen LogP contribution in [0.1, 0.15) is 11.1 Å². The van der Waals surface area contributed by atoms with Gasteiger partial charge >= 0.3 is 10.1 Å². The van der Waals surface area contributed by atoms with E-state index in [4.69, 9.17) is 15.8 Å². The average Bonchev–Trinajstić information content (AvgIpc) is 3.08. The lowest BCUT2D eigenvalue weighted by molar-refractivity contribution is -0.385. The number of imide groups is 1. The fourth-order valence-electron chi connectivity index (χ4n) is 3.17. The number of anilines is 1. The Morgan fingerprint density at radius 2 is 1.69 bits per heavy atom. The Kier molecular flexibility index (Phi) is 6.66. The number of nitrogens with zero attached hydrogens (tertiary/aromatic N) is 2. The van der Waals surface area contributed by atoms with Crippen LogP contribution in [-0.4, -0.2) is 24.5 Å². The van der Waals surface area contributed by atoms with Gasteiger partial charge in [0.1, 0.15) is 10.6 Å². The molecule has 0 bridgehead atoms. The van der Waals surface area contributed by atoms with Gasteiger partial charge in [-0.25, -0.2) is 4.90 Å². The molecule has 2 amide bonds. The zero-order valence-electron chi connectivity index (χ0n) is 17.9. The quantitative estimate of drug-likeness (QED) is 0.175. The van der Waals surface area contributed by atoms with Gasteiger partial charge < -0.3 is 4.18 Å². The molecule has 3 aromatic rings. The van der Waals surface area contributed by atoms with Crippen molar-refractivity contribution in [1.29, 1.82) is 0 Å². The van der Waals surface area contributed by atoms with E-state index in [2.05, 4.69) is 0 Å². The molecule has 1 saturated heterocycles. The summed E-state index contributed by atoms with van der Waals surface area (Å²) in [6, 6.07) is 15.5. The Hall–Kier alpha value is -3.67. The Morgan fingerprint density at radius 1 is 1.03 bits per heavy atom. The molecule has 1 aliphatic heterocycles. The number of thioether (sulfide) groups is 1. The van der Waals surface area contributed by atoms with E-state index in [9.17, 15) is 28.1 Å². The number of aryl methyl sites for hydroxylation is 1. The predicted molar refractivity (Wildman–Crippen MR) is 132 cm³/mol. The minimum atomic E-state index is -4.32. The summed E-state index contributed by atoms with van der Waals surface area (Å²) in [5.41, 5.74) is 0.907. The number of hydrogen-bond donors (Lipinski definition) is 0. The highest BCUT2D eigenvalue weighted by atomic mass is 35.5. The lowest BCUT2D eigenvalue weighted by Gasteiger charge is -2.12. The van der Waals surface area contributed by atoms with Gasteiger partial charge in [-0.2, -0.15) is 8.42 Å².